The Morgan fingerprint density at radius 1 is 1.03 bits per heavy atom. The molecule has 3 aromatic rings. The lowest BCUT2D eigenvalue weighted by molar-refractivity contribution is 0.0364. The monoisotopic (exact) mass is 570 g/mol. The molecule has 1 saturated heterocycles. The summed E-state index contributed by atoms with van der Waals surface area (Å²) in [6.07, 6.45) is 6.24. The van der Waals surface area contributed by atoms with E-state index in [1.807, 2.05) is 17.0 Å². The number of ether oxygens (including phenoxy) is 1. The van der Waals surface area contributed by atoms with E-state index in [1.165, 1.54) is 16.3 Å². The maximum Gasteiger partial charge on any atom is 0.318 e. The maximum atomic E-state index is 13.5. The number of nitrogens with one attached hydrogen (secondary N) is 2. The number of hydrogen-bond acceptors (Lipinski definition) is 4. The normalized spacial score (nSPS) is 13.9. The van der Waals surface area contributed by atoms with Crippen LogP contribution in [0, 0.1) is 12.3 Å². The molecule has 8 heteroatoms. The van der Waals surface area contributed by atoms with E-state index in [0.29, 0.717) is 19.6 Å². The molecule has 6 nitrogen and oxygen atoms in total. The van der Waals surface area contributed by atoms with Crippen molar-refractivity contribution in [1.82, 2.24) is 20.4 Å². The van der Waals surface area contributed by atoms with Crippen LogP contribution in [0.15, 0.2) is 66.7 Å². The van der Waals surface area contributed by atoms with E-state index in [-0.39, 0.29) is 36.9 Å². The molecule has 1 fully saturated rings. The number of fused-ring (bicyclic) bond motifs is 1. The van der Waals surface area contributed by atoms with Gasteiger partial charge in [0.05, 0.1) is 25.8 Å². The Kier molecular flexibility index (Phi) is 14.1. The van der Waals surface area contributed by atoms with Crippen molar-refractivity contribution < 1.29 is 9.53 Å². The number of urea groups is 1. The summed E-state index contributed by atoms with van der Waals surface area (Å²) in [6, 6.07) is 22.8. The van der Waals surface area contributed by atoms with Gasteiger partial charge < -0.3 is 20.3 Å². The lowest BCUT2D eigenvalue weighted by Crippen LogP contribution is -2.43. The van der Waals surface area contributed by atoms with Crippen LogP contribution in [0.5, 0.6) is 0 Å². The first-order valence-corrected chi connectivity index (χ1v) is 13.2. The molecule has 39 heavy (non-hydrogen) atoms. The summed E-state index contributed by atoms with van der Waals surface area (Å²) >= 11 is 0. The summed E-state index contributed by atoms with van der Waals surface area (Å²) in [7, 11) is 0. The molecule has 0 radical (unpaired) electrons. The first-order chi connectivity index (χ1) is 18.1. The van der Waals surface area contributed by atoms with E-state index < -0.39 is 0 Å². The minimum atomic E-state index is -0.107. The first kappa shape index (κ1) is 32.4. The molecule has 3 aromatic carbocycles. The largest absolute Gasteiger partial charge is 0.379 e. The molecule has 1 aliphatic heterocycles. The average molecular weight is 572 g/mol. The average Bonchev–Trinajstić information content (AvgIpc) is 2.93. The highest BCUT2D eigenvalue weighted by molar-refractivity contribution is 5.87. The molecule has 0 unspecified atom stereocenters. The molecule has 0 aliphatic carbocycles. The van der Waals surface area contributed by atoms with Crippen LogP contribution in [-0.2, 0) is 17.8 Å². The number of terminal acetylenes is 1. The topological polar surface area (TPSA) is 56.8 Å². The van der Waals surface area contributed by atoms with Crippen molar-refractivity contribution in [2.24, 2.45) is 0 Å². The fraction of sp³-hybridized carbons (Fsp3) is 0.387. The first-order valence-electron chi connectivity index (χ1n) is 13.2. The predicted molar refractivity (Wildman–Crippen MR) is 165 cm³/mol. The summed E-state index contributed by atoms with van der Waals surface area (Å²) in [5.74, 6) is 2.60. The molecule has 210 valence electrons. The van der Waals surface area contributed by atoms with Gasteiger partial charge in [0, 0.05) is 39.3 Å². The number of halogens is 2. The number of nitrogens with zero attached hydrogens (tertiary/aromatic N) is 2. The van der Waals surface area contributed by atoms with E-state index in [2.05, 4.69) is 83.0 Å². The Labute approximate surface area is 245 Å². The van der Waals surface area contributed by atoms with E-state index in [1.54, 1.807) is 0 Å². The molecule has 1 aliphatic rings. The lowest BCUT2D eigenvalue weighted by atomic mass is 10.00. The third kappa shape index (κ3) is 9.72. The van der Waals surface area contributed by atoms with Crippen molar-refractivity contribution in [1.29, 1.82) is 0 Å². The number of hydrogen-bond donors (Lipinski definition) is 2. The number of amides is 2. The third-order valence-electron chi connectivity index (χ3n) is 6.88. The van der Waals surface area contributed by atoms with Gasteiger partial charge in [0.1, 0.15) is 0 Å². The fourth-order valence-corrected chi connectivity index (χ4v) is 4.81. The third-order valence-corrected chi connectivity index (χ3v) is 6.88. The van der Waals surface area contributed by atoms with E-state index in [4.69, 9.17) is 11.2 Å². The van der Waals surface area contributed by atoms with Crippen LogP contribution >= 0.6 is 24.8 Å². The smallest absolute Gasteiger partial charge is 0.318 e. The van der Waals surface area contributed by atoms with Gasteiger partial charge in [0.25, 0.3) is 0 Å². The zero-order valence-corrected chi connectivity index (χ0v) is 24.2. The van der Waals surface area contributed by atoms with E-state index in [9.17, 15) is 4.79 Å². The van der Waals surface area contributed by atoms with Crippen LogP contribution in [0.25, 0.3) is 10.8 Å². The summed E-state index contributed by atoms with van der Waals surface area (Å²) in [4.78, 5) is 17.9. The molecular weight excluding hydrogens is 531 g/mol. The molecule has 1 heterocycles. The second-order valence-electron chi connectivity index (χ2n) is 9.59. The van der Waals surface area contributed by atoms with Crippen molar-refractivity contribution in [2.75, 3.05) is 45.9 Å². The minimum Gasteiger partial charge on any atom is -0.379 e. The van der Waals surface area contributed by atoms with Crippen molar-refractivity contribution in [3.05, 3.63) is 83.4 Å². The van der Waals surface area contributed by atoms with Crippen LogP contribution in [0.4, 0.5) is 4.79 Å². The molecule has 0 spiro atoms. The summed E-state index contributed by atoms with van der Waals surface area (Å²) in [5, 5.41) is 8.83. The van der Waals surface area contributed by atoms with E-state index >= 15 is 0 Å². The van der Waals surface area contributed by atoms with E-state index in [0.717, 1.165) is 56.9 Å². The second-order valence-corrected chi connectivity index (χ2v) is 9.59. The van der Waals surface area contributed by atoms with Gasteiger partial charge in [-0.1, -0.05) is 72.7 Å². The number of morpholine rings is 1. The summed E-state index contributed by atoms with van der Waals surface area (Å²) < 4.78 is 5.47. The van der Waals surface area contributed by atoms with Crippen LogP contribution < -0.4 is 10.6 Å². The van der Waals surface area contributed by atoms with Gasteiger partial charge in [-0.15, -0.1) is 31.2 Å². The predicted octanol–water partition coefficient (Wildman–Crippen LogP) is 5.40. The van der Waals surface area contributed by atoms with Gasteiger partial charge in [0.15, 0.2) is 0 Å². The highest BCUT2D eigenvalue weighted by Crippen LogP contribution is 2.24. The Morgan fingerprint density at radius 3 is 2.46 bits per heavy atom. The quantitative estimate of drug-likeness (QED) is 0.239. The van der Waals surface area contributed by atoms with Gasteiger partial charge in [-0.2, -0.15) is 0 Å². The molecule has 0 saturated carbocycles. The van der Waals surface area contributed by atoms with Crippen LogP contribution in [0.3, 0.4) is 0 Å². The Hall–Kier alpha value is -2.79. The fourth-order valence-electron chi connectivity index (χ4n) is 4.81. The number of benzene rings is 3. The zero-order valence-electron chi connectivity index (χ0n) is 22.6. The van der Waals surface area contributed by atoms with Gasteiger partial charge in [-0.05, 0) is 40.8 Å². The van der Waals surface area contributed by atoms with Crippen LogP contribution in [0.1, 0.15) is 36.1 Å². The van der Waals surface area contributed by atoms with Crippen molar-refractivity contribution >= 4 is 41.6 Å². The van der Waals surface area contributed by atoms with Gasteiger partial charge in [0.2, 0.25) is 0 Å². The molecule has 2 N–H and O–H groups in total. The SMILES string of the molecule is C#CCNCc1ccc(CN(CCCN2CCOCC2)C(=O)N[C@@H](C)c2cccc3ccccc23)cc1.Cl.Cl. The lowest BCUT2D eigenvalue weighted by Gasteiger charge is -2.29. The summed E-state index contributed by atoms with van der Waals surface area (Å²) in [5.41, 5.74) is 3.41. The Balaban J connectivity index is 0.00000267. The molecular formula is C31H40Cl2N4O2. The molecule has 0 aromatic heterocycles. The van der Waals surface area contributed by atoms with Crippen molar-refractivity contribution in [3.8, 4) is 12.3 Å². The van der Waals surface area contributed by atoms with Crippen LogP contribution in [-0.4, -0.2) is 61.8 Å². The van der Waals surface area contributed by atoms with Gasteiger partial charge in [-0.25, -0.2) is 4.79 Å². The maximum absolute atomic E-state index is 13.5. The number of carbonyl (C=O) groups is 1. The van der Waals surface area contributed by atoms with Gasteiger partial charge >= 0.3 is 6.03 Å². The Morgan fingerprint density at radius 2 is 1.72 bits per heavy atom. The molecule has 0 bridgehead atoms. The standard InChI is InChI=1S/C31H38N4O2.2ClH/c1-3-16-32-23-26-12-14-27(15-13-26)24-35(18-7-17-34-19-21-37-22-20-34)31(36)33-25(2)29-11-6-9-28-8-4-5-10-30(28)29;;/h1,4-6,8-15,25,32H,7,16-24H2,2H3,(H,33,36);2*1H/t25-;;/m0../s1. The van der Waals surface area contributed by atoms with Gasteiger partial charge in [-0.3, -0.25) is 4.90 Å². The van der Waals surface area contributed by atoms with Crippen LogP contribution in [0.2, 0.25) is 0 Å². The molecule has 2 amide bonds. The molecule has 1 atom stereocenters. The zero-order chi connectivity index (χ0) is 25.9. The molecule has 4 rings (SSSR count). The van der Waals surface area contributed by atoms with Crippen molar-refractivity contribution in [3.63, 3.8) is 0 Å². The number of carbonyl (C=O) groups excluding carboxylic acids is 1. The number of rotatable bonds is 11. The second kappa shape index (κ2) is 17.0. The van der Waals surface area contributed by atoms with Crippen molar-refractivity contribution in [2.45, 2.75) is 32.5 Å². The highest BCUT2D eigenvalue weighted by atomic mass is 35.5. The highest BCUT2D eigenvalue weighted by Gasteiger charge is 2.19. The Bertz CT molecular complexity index is 1190. The summed E-state index contributed by atoms with van der Waals surface area (Å²) in [6.45, 7) is 9.05. The minimum absolute atomic E-state index is 0.